The molecule has 0 saturated carbocycles. The Morgan fingerprint density at radius 2 is 1.82 bits per heavy atom. The number of fused-ring (bicyclic) bond motifs is 1. The van der Waals surface area contributed by atoms with E-state index < -0.39 is 0 Å². The van der Waals surface area contributed by atoms with Crippen molar-refractivity contribution in [1.29, 1.82) is 0 Å². The summed E-state index contributed by atoms with van der Waals surface area (Å²) >= 11 is 5.85. The summed E-state index contributed by atoms with van der Waals surface area (Å²) in [6.45, 7) is 1.25. The van der Waals surface area contributed by atoms with Crippen molar-refractivity contribution in [3.8, 4) is 0 Å². The Kier molecular flexibility index (Phi) is 4.99. The molecular formula is C20H18ClN5O2. The van der Waals surface area contributed by atoms with Gasteiger partial charge in [0.25, 0.3) is 5.91 Å². The first-order chi connectivity index (χ1) is 13.6. The van der Waals surface area contributed by atoms with Gasteiger partial charge in [0.1, 0.15) is 0 Å². The molecule has 0 aliphatic carbocycles. The lowest BCUT2D eigenvalue weighted by atomic mass is 10.2. The number of hydrogen-bond donors (Lipinski definition) is 3. The molecule has 0 unspecified atom stereocenters. The zero-order valence-electron chi connectivity index (χ0n) is 14.9. The van der Waals surface area contributed by atoms with E-state index in [9.17, 15) is 9.59 Å². The molecule has 0 spiro atoms. The van der Waals surface area contributed by atoms with Crippen molar-refractivity contribution in [2.24, 2.45) is 0 Å². The SMILES string of the molecule is O=C(Nc1n[nH]c2c1CN(C(=O)NCc1ccccc1)C2)c1ccc(Cl)cc1. The number of H-pyrrole nitrogens is 1. The van der Waals surface area contributed by atoms with Gasteiger partial charge in [-0.15, -0.1) is 0 Å². The molecule has 2 heterocycles. The first-order valence-electron chi connectivity index (χ1n) is 8.80. The Hall–Kier alpha value is -3.32. The third-order valence-electron chi connectivity index (χ3n) is 4.56. The van der Waals surface area contributed by atoms with Gasteiger partial charge in [-0.3, -0.25) is 9.89 Å². The topological polar surface area (TPSA) is 90.1 Å². The number of hydrogen-bond acceptors (Lipinski definition) is 3. The monoisotopic (exact) mass is 395 g/mol. The number of aromatic nitrogens is 2. The van der Waals surface area contributed by atoms with Gasteiger partial charge in [-0.25, -0.2) is 4.79 Å². The lowest BCUT2D eigenvalue weighted by Gasteiger charge is -2.17. The molecule has 2 aromatic carbocycles. The molecule has 0 atom stereocenters. The van der Waals surface area contributed by atoms with Gasteiger partial charge in [0.2, 0.25) is 0 Å². The molecule has 1 aliphatic heterocycles. The highest BCUT2D eigenvalue weighted by Gasteiger charge is 2.28. The van der Waals surface area contributed by atoms with Crippen LogP contribution in [-0.4, -0.2) is 27.0 Å². The number of urea groups is 1. The molecule has 0 saturated heterocycles. The molecule has 8 heteroatoms. The Morgan fingerprint density at radius 3 is 2.57 bits per heavy atom. The lowest BCUT2D eigenvalue weighted by molar-refractivity contribution is 0.102. The number of benzene rings is 2. The van der Waals surface area contributed by atoms with E-state index in [1.807, 2.05) is 30.3 Å². The normalized spacial score (nSPS) is 12.5. The van der Waals surface area contributed by atoms with E-state index in [4.69, 9.17) is 11.6 Å². The highest BCUT2D eigenvalue weighted by atomic mass is 35.5. The summed E-state index contributed by atoms with van der Waals surface area (Å²) in [4.78, 5) is 26.5. The third-order valence-corrected chi connectivity index (χ3v) is 4.81. The maximum absolute atomic E-state index is 12.5. The maximum atomic E-state index is 12.5. The maximum Gasteiger partial charge on any atom is 0.318 e. The van der Waals surface area contributed by atoms with Crippen molar-refractivity contribution < 1.29 is 9.59 Å². The number of amides is 3. The van der Waals surface area contributed by atoms with Crippen LogP contribution >= 0.6 is 11.6 Å². The van der Waals surface area contributed by atoms with Gasteiger partial charge in [-0.2, -0.15) is 5.10 Å². The van der Waals surface area contributed by atoms with Gasteiger partial charge >= 0.3 is 6.03 Å². The number of anilines is 1. The summed E-state index contributed by atoms with van der Waals surface area (Å²) in [5.41, 5.74) is 3.15. The Bertz CT molecular complexity index is 1000. The molecule has 3 amide bonds. The van der Waals surface area contributed by atoms with E-state index in [0.29, 0.717) is 36.0 Å². The standard InChI is InChI=1S/C20H18ClN5O2/c21-15-8-6-14(7-9-15)19(27)23-18-16-11-26(12-17(16)24-25-18)20(28)22-10-13-4-2-1-3-5-13/h1-9H,10-12H2,(H,22,28)(H2,23,24,25,27). The van der Waals surface area contributed by atoms with Crippen LogP contribution in [0.5, 0.6) is 0 Å². The lowest BCUT2D eigenvalue weighted by Crippen LogP contribution is -2.36. The second-order valence-corrected chi connectivity index (χ2v) is 6.93. The number of halogens is 1. The summed E-state index contributed by atoms with van der Waals surface area (Å²) < 4.78 is 0. The van der Waals surface area contributed by atoms with Crippen molar-refractivity contribution in [3.05, 3.63) is 82.0 Å². The summed E-state index contributed by atoms with van der Waals surface area (Å²) in [6.07, 6.45) is 0. The molecule has 1 aromatic heterocycles. The van der Waals surface area contributed by atoms with Crippen LogP contribution in [0.3, 0.4) is 0 Å². The Labute approximate surface area is 166 Å². The number of carbonyl (C=O) groups excluding carboxylic acids is 2. The van der Waals surface area contributed by atoms with Crippen molar-refractivity contribution in [2.45, 2.75) is 19.6 Å². The predicted molar refractivity (Wildman–Crippen MR) is 106 cm³/mol. The smallest absolute Gasteiger partial charge is 0.318 e. The first kappa shape index (κ1) is 18.1. The largest absolute Gasteiger partial charge is 0.334 e. The summed E-state index contributed by atoms with van der Waals surface area (Å²) in [6, 6.07) is 16.2. The zero-order chi connectivity index (χ0) is 19.5. The fraction of sp³-hybridized carbons (Fsp3) is 0.150. The predicted octanol–water partition coefficient (Wildman–Crippen LogP) is 3.54. The number of carbonyl (C=O) groups is 2. The molecule has 4 rings (SSSR count). The highest BCUT2D eigenvalue weighted by molar-refractivity contribution is 6.30. The van der Waals surface area contributed by atoms with Gasteiger partial charge in [0.05, 0.1) is 18.8 Å². The van der Waals surface area contributed by atoms with Gasteiger partial charge in [0, 0.05) is 22.7 Å². The zero-order valence-corrected chi connectivity index (χ0v) is 15.7. The van der Waals surface area contributed by atoms with E-state index in [0.717, 1.165) is 16.8 Å². The molecule has 0 radical (unpaired) electrons. The molecule has 3 N–H and O–H groups in total. The minimum atomic E-state index is -0.280. The van der Waals surface area contributed by atoms with Gasteiger partial charge in [-0.1, -0.05) is 41.9 Å². The van der Waals surface area contributed by atoms with Crippen LogP contribution in [-0.2, 0) is 19.6 Å². The van der Waals surface area contributed by atoms with Crippen LogP contribution in [0, 0.1) is 0 Å². The van der Waals surface area contributed by atoms with Crippen molar-refractivity contribution in [1.82, 2.24) is 20.4 Å². The van der Waals surface area contributed by atoms with Crippen molar-refractivity contribution in [2.75, 3.05) is 5.32 Å². The molecule has 142 valence electrons. The number of aromatic amines is 1. The fourth-order valence-corrected chi connectivity index (χ4v) is 3.18. The highest BCUT2D eigenvalue weighted by Crippen LogP contribution is 2.27. The summed E-state index contributed by atoms with van der Waals surface area (Å²) in [5.74, 6) is 0.159. The van der Waals surface area contributed by atoms with Crippen LogP contribution in [0.25, 0.3) is 0 Å². The van der Waals surface area contributed by atoms with Crippen molar-refractivity contribution in [3.63, 3.8) is 0 Å². The molecular weight excluding hydrogens is 378 g/mol. The summed E-state index contributed by atoms with van der Waals surface area (Å²) in [5, 5.41) is 13.3. The van der Waals surface area contributed by atoms with E-state index in [-0.39, 0.29) is 11.9 Å². The number of rotatable bonds is 4. The minimum Gasteiger partial charge on any atom is -0.334 e. The van der Waals surface area contributed by atoms with E-state index >= 15 is 0 Å². The molecule has 7 nitrogen and oxygen atoms in total. The van der Waals surface area contributed by atoms with Gasteiger partial charge in [0.15, 0.2) is 5.82 Å². The molecule has 28 heavy (non-hydrogen) atoms. The number of nitrogens with one attached hydrogen (secondary N) is 3. The van der Waals surface area contributed by atoms with Crippen LogP contribution in [0.4, 0.5) is 10.6 Å². The average molecular weight is 396 g/mol. The van der Waals surface area contributed by atoms with Crippen molar-refractivity contribution >= 4 is 29.4 Å². The van der Waals surface area contributed by atoms with Crippen LogP contribution in [0.2, 0.25) is 5.02 Å². The van der Waals surface area contributed by atoms with Crippen LogP contribution in [0.1, 0.15) is 27.2 Å². The van der Waals surface area contributed by atoms with E-state index in [1.54, 1.807) is 29.2 Å². The van der Waals surface area contributed by atoms with E-state index in [1.165, 1.54) is 0 Å². The second kappa shape index (κ2) is 7.74. The van der Waals surface area contributed by atoms with Crippen LogP contribution in [0.15, 0.2) is 54.6 Å². The summed E-state index contributed by atoms with van der Waals surface area (Å²) in [7, 11) is 0. The average Bonchev–Trinajstić information content (AvgIpc) is 3.29. The minimum absolute atomic E-state index is 0.163. The third kappa shape index (κ3) is 3.84. The van der Waals surface area contributed by atoms with Gasteiger partial charge in [-0.05, 0) is 29.8 Å². The molecule has 0 bridgehead atoms. The van der Waals surface area contributed by atoms with E-state index in [2.05, 4.69) is 20.8 Å². The molecule has 3 aromatic rings. The number of nitrogens with zero attached hydrogens (tertiary/aromatic N) is 2. The first-order valence-corrected chi connectivity index (χ1v) is 9.17. The quantitative estimate of drug-likeness (QED) is 0.631. The molecule has 1 aliphatic rings. The Balaban J connectivity index is 1.38. The fourth-order valence-electron chi connectivity index (χ4n) is 3.05. The molecule has 0 fully saturated rings. The second-order valence-electron chi connectivity index (χ2n) is 6.49. The van der Waals surface area contributed by atoms with Gasteiger partial charge < -0.3 is 15.5 Å². The Morgan fingerprint density at radius 1 is 1.07 bits per heavy atom. The van der Waals surface area contributed by atoms with Crippen LogP contribution < -0.4 is 10.6 Å².